The van der Waals surface area contributed by atoms with Gasteiger partial charge >= 0.3 is 0 Å². The smallest absolute Gasteiger partial charge is 0.136 e. The van der Waals surface area contributed by atoms with Gasteiger partial charge in [0.05, 0.1) is 0 Å². The highest BCUT2D eigenvalue weighted by Gasteiger charge is 2.59. The molecule has 4 aliphatic carbocycles. The van der Waals surface area contributed by atoms with Crippen LogP contribution in [0.2, 0.25) is 0 Å². The largest absolute Gasteiger partial charge is 0.299 e. The third kappa shape index (κ3) is 1.64. The topological polar surface area (TPSA) is 17.1 Å². The molecule has 6 unspecified atom stereocenters. The minimum absolute atomic E-state index is 0.363. The molecule has 0 aliphatic heterocycles. The van der Waals surface area contributed by atoms with Crippen molar-refractivity contribution in [3.63, 3.8) is 0 Å². The van der Waals surface area contributed by atoms with E-state index >= 15 is 0 Å². The van der Waals surface area contributed by atoms with Crippen molar-refractivity contribution >= 4 is 5.78 Å². The molecule has 0 spiro atoms. The van der Waals surface area contributed by atoms with Crippen LogP contribution in [0.4, 0.5) is 0 Å². The maximum atomic E-state index is 12.8. The van der Waals surface area contributed by atoms with Gasteiger partial charge in [-0.2, -0.15) is 0 Å². The highest BCUT2D eigenvalue weighted by atomic mass is 16.1. The fourth-order valence-electron chi connectivity index (χ4n) is 7.09. The fraction of sp³-hybridized carbons (Fsp3) is 0.947. The van der Waals surface area contributed by atoms with Gasteiger partial charge in [0.2, 0.25) is 0 Å². The Kier molecular flexibility index (Phi) is 2.89. The van der Waals surface area contributed by atoms with Crippen LogP contribution in [-0.4, -0.2) is 5.78 Å². The van der Waals surface area contributed by atoms with Gasteiger partial charge in [-0.1, -0.05) is 33.1 Å². The van der Waals surface area contributed by atoms with E-state index in [0.717, 1.165) is 24.2 Å². The van der Waals surface area contributed by atoms with Crippen molar-refractivity contribution < 1.29 is 4.79 Å². The van der Waals surface area contributed by atoms with Crippen LogP contribution in [-0.2, 0) is 4.79 Å². The molecule has 6 atom stereocenters. The minimum Gasteiger partial charge on any atom is -0.299 e. The summed E-state index contributed by atoms with van der Waals surface area (Å²) in [7, 11) is 0. The van der Waals surface area contributed by atoms with E-state index in [9.17, 15) is 4.79 Å². The van der Waals surface area contributed by atoms with Crippen LogP contribution in [0.25, 0.3) is 0 Å². The zero-order chi connectivity index (χ0) is 14.0. The zero-order valence-corrected chi connectivity index (χ0v) is 13.3. The molecule has 0 heterocycles. The quantitative estimate of drug-likeness (QED) is 0.608. The first-order valence-corrected chi connectivity index (χ1v) is 9.07. The second kappa shape index (κ2) is 4.34. The van der Waals surface area contributed by atoms with Crippen molar-refractivity contribution in [2.45, 2.75) is 78.1 Å². The Labute approximate surface area is 123 Å². The number of rotatable bonds is 0. The van der Waals surface area contributed by atoms with E-state index in [-0.39, 0.29) is 0 Å². The van der Waals surface area contributed by atoms with E-state index in [2.05, 4.69) is 13.8 Å². The maximum Gasteiger partial charge on any atom is 0.136 e. The average molecular weight is 274 g/mol. The lowest BCUT2D eigenvalue weighted by atomic mass is 9.45. The van der Waals surface area contributed by atoms with Gasteiger partial charge in [0.15, 0.2) is 0 Å². The van der Waals surface area contributed by atoms with E-state index in [0.29, 0.717) is 22.5 Å². The number of hydrogen-bond donors (Lipinski definition) is 0. The molecule has 4 aliphatic rings. The molecule has 0 radical (unpaired) electrons. The van der Waals surface area contributed by atoms with Gasteiger partial charge in [0, 0.05) is 12.3 Å². The van der Waals surface area contributed by atoms with Gasteiger partial charge in [-0.15, -0.1) is 0 Å². The zero-order valence-electron chi connectivity index (χ0n) is 13.3. The van der Waals surface area contributed by atoms with Crippen LogP contribution in [0, 0.1) is 34.5 Å². The first-order valence-electron chi connectivity index (χ1n) is 9.07. The van der Waals surface area contributed by atoms with Crippen molar-refractivity contribution in [2.75, 3.05) is 0 Å². The molecule has 4 saturated carbocycles. The van der Waals surface area contributed by atoms with Gasteiger partial charge in [0.25, 0.3) is 0 Å². The summed E-state index contributed by atoms with van der Waals surface area (Å²) in [6, 6.07) is 0. The molecule has 1 heteroatoms. The van der Waals surface area contributed by atoms with Gasteiger partial charge in [-0.05, 0) is 67.1 Å². The highest BCUT2D eigenvalue weighted by Crippen LogP contribution is 2.65. The van der Waals surface area contributed by atoms with Crippen molar-refractivity contribution in [2.24, 2.45) is 34.5 Å². The van der Waals surface area contributed by atoms with Gasteiger partial charge in [-0.3, -0.25) is 4.79 Å². The lowest BCUT2D eigenvalue weighted by Crippen LogP contribution is -2.55. The second-order valence-corrected chi connectivity index (χ2v) is 8.94. The van der Waals surface area contributed by atoms with Gasteiger partial charge < -0.3 is 0 Å². The van der Waals surface area contributed by atoms with Crippen LogP contribution in [0.5, 0.6) is 0 Å². The summed E-state index contributed by atoms with van der Waals surface area (Å²) in [5.74, 6) is 3.53. The number of carbonyl (C=O) groups is 1. The lowest BCUT2D eigenvalue weighted by molar-refractivity contribution is -0.152. The van der Waals surface area contributed by atoms with Gasteiger partial charge in [0.1, 0.15) is 5.78 Å². The SMILES string of the molecule is CC12CCCC1C1CC(=O)C3CCCCC3(C)C1CC2. The molecule has 0 aromatic rings. The van der Waals surface area contributed by atoms with Crippen molar-refractivity contribution in [3.05, 3.63) is 0 Å². The molecule has 0 saturated heterocycles. The summed E-state index contributed by atoms with van der Waals surface area (Å²) in [4.78, 5) is 12.8. The summed E-state index contributed by atoms with van der Waals surface area (Å²) in [5.41, 5.74) is 0.946. The summed E-state index contributed by atoms with van der Waals surface area (Å²) in [5, 5.41) is 0. The first-order chi connectivity index (χ1) is 9.55. The number of fused-ring (bicyclic) bond motifs is 5. The third-order valence-corrected chi connectivity index (χ3v) is 8.15. The molecular formula is C19H30O. The molecule has 0 N–H and O–H groups in total. The summed E-state index contributed by atoms with van der Waals surface area (Å²) >= 11 is 0. The molecule has 4 fully saturated rings. The van der Waals surface area contributed by atoms with E-state index in [1.165, 1.54) is 57.8 Å². The number of ketones is 1. The Morgan fingerprint density at radius 1 is 0.900 bits per heavy atom. The maximum absolute atomic E-state index is 12.8. The molecule has 0 amide bonds. The Balaban J connectivity index is 1.70. The molecule has 112 valence electrons. The van der Waals surface area contributed by atoms with Crippen LogP contribution in [0.1, 0.15) is 78.1 Å². The Hall–Kier alpha value is -0.330. The Morgan fingerprint density at radius 2 is 1.75 bits per heavy atom. The van der Waals surface area contributed by atoms with Crippen LogP contribution in [0.3, 0.4) is 0 Å². The van der Waals surface area contributed by atoms with Crippen molar-refractivity contribution in [1.82, 2.24) is 0 Å². The molecule has 1 nitrogen and oxygen atoms in total. The number of hydrogen-bond acceptors (Lipinski definition) is 1. The lowest BCUT2D eigenvalue weighted by Gasteiger charge is -2.59. The predicted molar refractivity (Wildman–Crippen MR) is 81.4 cm³/mol. The van der Waals surface area contributed by atoms with Crippen LogP contribution >= 0.6 is 0 Å². The molecule has 20 heavy (non-hydrogen) atoms. The second-order valence-electron chi connectivity index (χ2n) is 8.94. The Bertz CT molecular complexity index is 427. The van der Waals surface area contributed by atoms with E-state index in [1.807, 2.05) is 0 Å². The summed E-state index contributed by atoms with van der Waals surface area (Å²) in [6.45, 7) is 5.02. The summed E-state index contributed by atoms with van der Waals surface area (Å²) < 4.78 is 0. The Morgan fingerprint density at radius 3 is 2.60 bits per heavy atom. The third-order valence-electron chi connectivity index (χ3n) is 8.15. The highest BCUT2D eigenvalue weighted by molar-refractivity contribution is 5.83. The standard InChI is InChI=1S/C19H30O/c1-18-9-5-7-14(18)13-12-17(20)16-6-3-4-10-19(16,2)15(13)8-11-18/h13-16H,3-12H2,1-2H3. The first kappa shape index (κ1) is 13.3. The average Bonchev–Trinajstić information content (AvgIpc) is 2.81. The predicted octanol–water partition coefficient (Wildman–Crippen LogP) is 4.99. The van der Waals surface area contributed by atoms with E-state index in [4.69, 9.17) is 0 Å². The van der Waals surface area contributed by atoms with Crippen molar-refractivity contribution in [3.8, 4) is 0 Å². The van der Waals surface area contributed by atoms with Crippen LogP contribution in [0.15, 0.2) is 0 Å². The van der Waals surface area contributed by atoms with Gasteiger partial charge in [-0.25, -0.2) is 0 Å². The monoisotopic (exact) mass is 274 g/mol. The number of carbonyl (C=O) groups excluding carboxylic acids is 1. The van der Waals surface area contributed by atoms with Crippen LogP contribution < -0.4 is 0 Å². The number of Topliss-reactive ketones (excluding diaryl/α,β-unsaturated/α-hetero) is 1. The minimum atomic E-state index is 0.363. The molecule has 0 bridgehead atoms. The van der Waals surface area contributed by atoms with E-state index in [1.54, 1.807) is 0 Å². The summed E-state index contributed by atoms with van der Waals surface area (Å²) in [6.07, 6.45) is 13.2. The van der Waals surface area contributed by atoms with E-state index < -0.39 is 0 Å². The normalized spacial score (nSPS) is 55.0. The molecular weight excluding hydrogens is 244 g/mol. The molecule has 0 aromatic carbocycles. The van der Waals surface area contributed by atoms with Crippen molar-refractivity contribution in [1.29, 1.82) is 0 Å². The fourth-order valence-corrected chi connectivity index (χ4v) is 7.09. The molecule has 4 rings (SSSR count). The molecule has 0 aromatic heterocycles.